The maximum absolute atomic E-state index is 15.1. The quantitative estimate of drug-likeness (QED) is 0.355. The molecule has 0 unspecified atom stereocenters. The predicted octanol–water partition coefficient (Wildman–Crippen LogP) is 3.76. The number of fused-ring (bicyclic) bond motifs is 2. The number of carbonyl (C=O) groups is 1. The Bertz CT molecular complexity index is 1480. The largest absolute Gasteiger partial charge is 0.491 e. The molecular weight excluding hydrogens is 532 g/mol. The third kappa shape index (κ3) is 6.38. The Morgan fingerprint density at radius 3 is 2.66 bits per heavy atom. The molecule has 9 nitrogen and oxygen atoms in total. The fourth-order valence-corrected chi connectivity index (χ4v) is 5.15. The van der Waals surface area contributed by atoms with Gasteiger partial charge in [-0.25, -0.2) is 18.7 Å². The van der Waals surface area contributed by atoms with Gasteiger partial charge in [-0.15, -0.1) is 0 Å². The summed E-state index contributed by atoms with van der Waals surface area (Å²) < 4.78 is 46.4. The van der Waals surface area contributed by atoms with Crippen molar-refractivity contribution in [1.82, 2.24) is 14.9 Å². The third-order valence-corrected chi connectivity index (χ3v) is 7.83. The van der Waals surface area contributed by atoms with E-state index in [1.807, 2.05) is 4.90 Å². The summed E-state index contributed by atoms with van der Waals surface area (Å²) in [7, 11) is 0. The average Bonchev–Trinajstić information content (AvgIpc) is 3.55. The molecule has 2 saturated heterocycles. The summed E-state index contributed by atoms with van der Waals surface area (Å²) >= 11 is 0. The highest BCUT2D eigenvalue weighted by atomic mass is 19.1. The number of halogens is 2. The molecule has 1 aliphatic carbocycles. The van der Waals surface area contributed by atoms with Crippen molar-refractivity contribution < 1.29 is 27.8 Å². The Hall–Kier alpha value is -3.51. The van der Waals surface area contributed by atoms with Crippen molar-refractivity contribution in [3.63, 3.8) is 0 Å². The highest BCUT2D eigenvalue weighted by molar-refractivity contribution is 5.97. The van der Waals surface area contributed by atoms with E-state index < -0.39 is 11.6 Å². The third-order valence-electron chi connectivity index (χ3n) is 7.83. The van der Waals surface area contributed by atoms with Crippen molar-refractivity contribution in [2.75, 3.05) is 44.8 Å². The molecule has 3 N–H and O–H groups in total. The van der Waals surface area contributed by atoms with Gasteiger partial charge in [0.2, 0.25) is 0 Å². The van der Waals surface area contributed by atoms with Crippen LogP contribution < -0.4 is 15.8 Å². The molecule has 2 aromatic carbocycles. The van der Waals surface area contributed by atoms with Gasteiger partial charge in [0.05, 0.1) is 36.5 Å². The Kier molecular flexibility index (Phi) is 7.69. The monoisotopic (exact) mass is 565 g/mol. The standard InChI is InChI=1S/C30H33F2N5O4/c1-18-10-20(2-3-22(18)31)36-29-21-11-19(26(13-24(21)34-17-35-29)41-16-30(33)5-6-30)12-25(38)23(32)4-7-37-14-27-28(15-37)40-9-8-39-27/h2-4,10-11,13,17,27-28H,5-9,12,14-16,33H2,1H3,(H,34,35,36)/b23-4-/t27-,28+. The summed E-state index contributed by atoms with van der Waals surface area (Å²) in [6.07, 6.45) is 4.18. The van der Waals surface area contributed by atoms with Crippen LogP contribution >= 0.6 is 0 Å². The van der Waals surface area contributed by atoms with Crippen molar-refractivity contribution in [3.8, 4) is 5.75 Å². The van der Waals surface area contributed by atoms with Crippen molar-refractivity contribution in [2.24, 2.45) is 5.73 Å². The number of aromatic nitrogens is 2. The fraction of sp³-hybridized carbons (Fsp3) is 0.433. The molecule has 2 atom stereocenters. The minimum Gasteiger partial charge on any atom is -0.491 e. The van der Waals surface area contributed by atoms with Crippen LogP contribution in [0, 0.1) is 12.7 Å². The highest BCUT2D eigenvalue weighted by Crippen LogP contribution is 2.35. The van der Waals surface area contributed by atoms with E-state index in [1.54, 1.807) is 31.2 Å². The van der Waals surface area contributed by atoms with Gasteiger partial charge in [0, 0.05) is 48.8 Å². The molecule has 3 heterocycles. The number of Topliss-reactive ketones (excluding diaryl/α,β-unsaturated/α-hetero) is 1. The number of rotatable bonds is 10. The van der Waals surface area contributed by atoms with Crippen LogP contribution in [-0.4, -0.2) is 77.9 Å². The van der Waals surface area contributed by atoms with Crippen LogP contribution in [0.1, 0.15) is 24.0 Å². The molecule has 1 aromatic heterocycles. The second-order valence-electron chi connectivity index (χ2n) is 11.1. The van der Waals surface area contributed by atoms with Gasteiger partial charge in [-0.2, -0.15) is 0 Å². The molecule has 3 aromatic rings. The lowest BCUT2D eigenvalue weighted by Gasteiger charge is -2.24. The average molecular weight is 566 g/mol. The molecule has 11 heteroatoms. The second kappa shape index (κ2) is 11.4. The first-order chi connectivity index (χ1) is 19.8. The number of carbonyl (C=O) groups excluding carboxylic acids is 1. The van der Waals surface area contributed by atoms with E-state index >= 15 is 4.39 Å². The Balaban J connectivity index is 1.23. The highest BCUT2D eigenvalue weighted by Gasteiger charge is 2.39. The van der Waals surface area contributed by atoms with E-state index in [-0.39, 0.29) is 43.1 Å². The van der Waals surface area contributed by atoms with Crippen LogP contribution in [0.25, 0.3) is 10.9 Å². The Morgan fingerprint density at radius 1 is 1.20 bits per heavy atom. The topological polar surface area (TPSA) is 112 Å². The first kappa shape index (κ1) is 27.6. The number of nitrogens with zero attached hydrogens (tertiary/aromatic N) is 3. The van der Waals surface area contributed by atoms with Crippen molar-refractivity contribution in [2.45, 2.75) is 43.9 Å². The summed E-state index contributed by atoms with van der Waals surface area (Å²) in [4.78, 5) is 23.8. The van der Waals surface area contributed by atoms with Crippen LogP contribution in [-0.2, 0) is 20.7 Å². The smallest absolute Gasteiger partial charge is 0.195 e. The predicted molar refractivity (Wildman–Crippen MR) is 149 cm³/mol. The number of likely N-dealkylation sites (tertiary alicyclic amines) is 1. The first-order valence-electron chi connectivity index (χ1n) is 13.8. The molecule has 0 radical (unpaired) electrons. The SMILES string of the molecule is Cc1cc(Nc2ncnc3cc(OCC4(N)CC4)c(CC(=O)/C(F)=C/CN4C[C@@H]5OCCO[C@@H]5C4)cc23)ccc1F. The van der Waals surface area contributed by atoms with Crippen LogP contribution in [0.3, 0.4) is 0 Å². The number of ketones is 1. The summed E-state index contributed by atoms with van der Waals surface area (Å²) in [5.41, 5.74) is 8.05. The second-order valence-corrected chi connectivity index (χ2v) is 11.1. The molecule has 41 heavy (non-hydrogen) atoms. The summed E-state index contributed by atoms with van der Waals surface area (Å²) in [5, 5.41) is 3.82. The van der Waals surface area contributed by atoms with Gasteiger partial charge < -0.3 is 25.3 Å². The lowest BCUT2D eigenvalue weighted by Crippen LogP contribution is -2.36. The van der Waals surface area contributed by atoms with E-state index in [2.05, 4.69) is 15.3 Å². The zero-order chi connectivity index (χ0) is 28.6. The molecule has 216 valence electrons. The maximum atomic E-state index is 15.1. The molecule has 0 bridgehead atoms. The molecule has 2 aliphatic heterocycles. The molecule has 3 fully saturated rings. The van der Waals surface area contributed by atoms with E-state index in [0.717, 1.165) is 12.8 Å². The first-order valence-corrected chi connectivity index (χ1v) is 13.8. The number of nitrogens with one attached hydrogen (secondary N) is 1. The number of nitrogens with two attached hydrogens (primary N) is 1. The molecule has 6 rings (SSSR count). The molecule has 3 aliphatic rings. The van der Waals surface area contributed by atoms with Crippen LogP contribution in [0.15, 0.2) is 48.6 Å². The minimum absolute atomic E-state index is 0.0191. The normalized spacial score (nSPS) is 22.0. The number of hydrogen-bond donors (Lipinski definition) is 2. The fourth-order valence-electron chi connectivity index (χ4n) is 5.15. The number of allylic oxidation sites excluding steroid dienone is 1. The maximum Gasteiger partial charge on any atom is 0.195 e. The van der Waals surface area contributed by atoms with Gasteiger partial charge >= 0.3 is 0 Å². The number of benzene rings is 2. The molecule has 0 amide bonds. The van der Waals surface area contributed by atoms with Crippen molar-refractivity contribution >= 4 is 28.2 Å². The van der Waals surface area contributed by atoms with Crippen LogP contribution in [0.2, 0.25) is 0 Å². The zero-order valence-corrected chi connectivity index (χ0v) is 22.9. The molecular formula is C30H33F2N5O4. The van der Waals surface area contributed by atoms with E-state index in [9.17, 15) is 9.18 Å². The van der Waals surface area contributed by atoms with Crippen molar-refractivity contribution in [3.05, 3.63) is 65.5 Å². The summed E-state index contributed by atoms with van der Waals surface area (Å²) in [5.74, 6) is -0.883. The lowest BCUT2D eigenvalue weighted by atomic mass is 10.0. The summed E-state index contributed by atoms with van der Waals surface area (Å²) in [6.45, 7) is 4.63. The van der Waals surface area contributed by atoms with Crippen LogP contribution in [0.4, 0.5) is 20.3 Å². The molecule has 1 saturated carbocycles. The van der Waals surface area contributed by atoms with Gasteiger partial charge in [0.1, 0.15) is 30.3 Å². The number of aryl methyl sites for hydroxylation is 1. The minimum atomic E-state index is -0.810. The van der Waals surface area contributed by atoms with Gasteiger partial charge in [0.15, 0.2) is 11.6 Å². The van der Waals surface area contributed by atoms with Gasteiger partial charge in [-0.1, -0.05) is 0 Å². The van der Waals surface area contributed by atoms with Gasteiger partial charge in [-0.3, -0.25) is 9.69 Å². The van der Waals surface area contributed by atoms with Gasteiger partial charge in [-0.05, 0) is 55.7 Å². The summed E-state index contributed by atoms with van der Waals surface area (Å²) in [6, 6.07) is 8.13. The van der Waals surface area contributed by atoms with Crippen LogP contribution in [0.5, 0.6) is 5.75 Å². The lowest BCUT2D eigenvalue weighted by molar-refractivity contribution is -0.116. The molecule has 0 spiro atoms. The Morgan fingerprint density at radius 2 is 1.95 bits per heavy atom. The Labute approximate surface area is 236 Å². The van der Waals surface area contributed by atoms with E-state index in [4.69, 9.17) is 19.9 Å². The van der Waals surface area contributed by atoms with E-state index in [0.29, 0.717) is 65.6 Å². The number of ether oxygens (including phenoxy) is 3. The van der Waals surface area contributed by atoms with E-state index in [1.165, 1.54) is 18.5 Å². The number of anilines is 2. The van der Waals surface area contributed by atoms with Gasteiger partial charge in [0.25, 0.3) is 0 Å². The number of hydrogen-bond acceptors (Lipinski definition) is 9. The van der Waals surface area contributed by atoms with Crippen molar-refractivity contribution in [1.29, 1.82) is 0 Å². The zero-order valence-electron chi connectivity index (χ0n) is 22.9.